The van der Waals surface area contributed by atoms with Crippen LogP contribution in [0.5, 0.6) is 0 Å². The van der Waals surface area contributed by atoms with Gasteiger partial charge in [0.25, 0.3) is 5.91 Å². The third-order valence-corrected chi connectivity index (χ3v) is 7.32. The molecule has 0 heterocycles. The maximum atomic E-state index is 13.3. The number of methoxy groups -OCH3 is 1. The molecule has 182 valence electrons. The molecule has 0 aliphatic rings. The number of rotatable bonds is 9. The van der Waals surface area contributed by atoms with Crippen LogP contribution < -0.4 is 5.43 Å². The van der Waals surface area contributed by atoms with Crippen LogP contribution in [0.4, 0.5) is 0 Å². The highest BCUT2D eigenvalue weighted by molar-refractivity contribution is 9.10. The number of esters is 1. The third-order valence-electron chi connectivity index (χ3n) is 4.99. The first kappa shape index (κ1) is 26.3. The minimum Gasteiger partial charge on any atom is -0.465 e. The van der Waals surface area contributed by atoms with Gasteiger partial charge in [-0.3, -0.25) is 4.79 Å². The Kier molecular flexibility index (Phi) is 8.91. The van der Waals surface area contributed by atoms with Crippen molar-refractivity contribution in [1.82, 2.24) is 9.73 Å². The van der Waals surface area contributed by atoms with Crippen molar-refractivity contribution in [1.29, 1.82) is 0 Å². The molecule has 0 saturated carbocycles. The predicted octanol–water partition coefficient (Wildman–Crippen LogP) is 3.89. The smallest absolute Gasteiger partial charge is 0.337 e. The average molecular weight is 558 g/mol. The van der Waals surface area contributed by atoms with Gasteiger partial charge in [0, 0.05) is 11.0 Å². The summed E-state index contributed by atoms with van der Waals surface area (Å²) in [5.41, 5.74) is 5.18. The summed E-state index contributed by atoms with van der Waals surface area (Å²) >= 11 is 3.30. The zero-order valence-corrected chi connectivity index (χ0v) is 21.5. The summed E-state index contributed by atoms with van der Waals surface area (Å²) in [7, 11) is -2.66. The molecule has 10 heteroatoms. The Bertz CT molecular complexity index is 1310. The van der Waals surface area contributed by atoms with Gasteiger partial charge >= 0.3 is 5.97 Å². The topological polar surface area (TPSA) is 105 Å². The van der Waals surface area contributed by atoms with E-state index in [0.717, 1.165) is 19.9 Å². The van der Waals surface area contributed by atoms with Crippen LogP contribution >= 0.6 is 15.9 Å². The highest BCUT2D eigenvalue weighted by Crippen LogP contribution is 2.21. The molecular weight excluding hydrogens is 534 g/mol. The fourth-order valence-corrected chi connectivity index (χ4v) is 4.72. The van der Waals surface area contributed by atoms with Crippen molar-refractivity contribution in [3.63, 3.8) is 0 Å². The molecule has 0 saturated heterocycles. The molecule has 1 N–H and O–H groups in total. The highest BCUT2D eigenvalue weighted by atomic mass is 79.9. The van der Waals surface area contributed by atoms with Gasteiger partial charge in [0.15, 0.2) is 0 Å². The van der Waals surface area contributed by atoms with Gasteiger partial charge in [0.05, 0.1) is 30.3 Å². The molecule has 35 heavy (non-hydrogen) atoms. The summed E-state index contributed by atoms with van der Waals surface area (Å²) in [4.78, 5) is 24.2. The zero-order valence-electron chi connectivity index (χ0n) is 19.1. The number of hydrogen-bond acceptors (Lipinski definition) is 6. The molecule has 8 nitrogen and oxygen atoms in total. The van der Waals surface area contributed by atoms with Crippen LogP contribution in [-0.4, -0.2) is 44.5 Å². The minimum atomic E-state index is -3.96. The molecule has 1 amide bonds. The van der Waals surface area contributed by atoms with Gasteiger partial charge in [-0.25, -0.2) is 18.6 Å². The van der Waals surface area contributed by atoms with Crippen molar-refractivity contribution in [3.8, 4) is 0 Å². The number of hydrazone groups is 1. The molecule has 0 atom stereocenters. The molecule has 3 aromatic rings. The number of aryl methyl sites for hydroxylation is 1. The molecule has 0 unspecified atom stereocenters. The van der Waals surface area contributed by atoms with Crippen LogP contribution in [-0.2, 0) is 26.1 Å². The molecule has 3 rings (SSSR count). The largest absolute Gasteiger partial charge is 0.465 e. The maximum absolute atomic E-state index is 13.3. The van der Waals surface area contributed by atoms with Crippen LogP contribution in [0.25, 0.3) is 0 Å². The number of nitrogens with zero attached hydrogens (tertiary/aromatic N) is 2. The summed E-state index contributed by atoms with van der Waals surface area (Å²) < 4.78 is 33.1. The summed E-state index contributed by atoms with van der Waals surface area (Å²) in [6, 6.07) is 20.1. The summed E-state index contributed by atoms with van der Waals surface area (Å²) in [5.74, 6) is -1.05. The van der Waals surface area contributed by atoms with E-state index in [1.54, 1.807) is 36.4 Å². The van der Waals surface area contributed by atoms with E-state index in [9.17, 15) is 18.0 Å². The van der Waals surface area contributed by atoms with E-state index in [4.69, 9.17) is 0 Å². The van der Waals surface area contributed by atoms with Crippen LogP contribution in [0.15, 0.2) is 87.3 Å². The van der Waals surface area contributed by atoms with Gasteiger partial charge in [-0.15, -0.1) is 0 Å². The Hall–Kier alpha value is -3.34. The number of amides is 1. The van der Waals surface area contributed by atoms with Crippen LogP contribution in [0.1, 0.15) is 27.0 Å². The number of hydrogen-bond donors (Lipinski definition) is 1. The van der Waals surface area contributed by atoms with Gasteiger partial charge in [0.2, 0.25) is 10.0 Å². The third kappa shape index (κ3) is 7.32. The Labute approximate surface area is 212 Å². The van der Waals surface area contributed by atoms with E-state index in [1.165, 1.54) is 25.5 Å². The van der Waals surface area contributed by atoms with Gasteiger partial charge in [0.1, 0.15) is 0 Å². The monoisotopic (exact) mass is 557 g/mol. The average Bonchev–Trinajstić information content (AvgIpc) is 2.85. The quantitative estimate of drug-likeness (QED) is 0.244. The van der Waals surface area contributed by atoms with E-state index in [0.29, 0.717) is 11.1 Å². The van der Waals surface area contributed by atoms with E-state index >= 15 is 0 Å². The van der Waals surface area contributed by atoms with Gasteiger partial charge in [-0.2, -0.15) is 9.41 Å². The SMILES string of the molecule is COC(=O)c1ccc(/C=N\NC(=O)CN(Cc2ccc(C)cc2)S(=O)(=O)c2ccc(Br)cc2)cc1. The second kappa shape index (κ2) is 11.9. The number of benzene rings is 3. The Morgan fingerprint density at radius 3 is 2.23 bits per heavy atom. The number of halogens is 1. The van der Waals surface area contributed by atoms with Crippen molar-refractivity contribution >= 4 is 44.0 Å². The fourth-order valence-electron chi connectivity index (χ4n) is 3.08. The molecule has 0 aromatic heterocycles. The molecule has 0 radical (unpaired) electrons. The van der Waals surface area contributed by atoms with E-state index < -0.39 is 28.4 Å². The minimum absolute atomic E-state index is 0.0187. The predicted molar refractivity (Wildman–Crippen MR) is 136 cm³/mol. The zero-order chi connectivity index (χ0) is 25.4. The molecule has 0 aliphatic heterocycles. The summed E-state index contributed by atoms with van der Waals surface area (Å²) in [6.07, 6.45) is 1.40. The Balaban J connectivity index is 1.74. The molecule has 0 aliphatic carbocycles. The lowest BCUT2D eigenvalue weighted by atomic mass is 10.1. The van der Waals surface area contributed by atoms with Crippen LogP contribution in [0, 0.1) is 6.92 Å². The van der Waals surface area contributed by atoms with Crippen molar-refractivity contribution < 1.29 is 22.7 Å². The molecule has 0 fully saturated rings. The first-order valence-corrected chi connectivity index (χ1v) is 12.7. The number of carbonyl (C=O) groups excluding carboxylic acids is 2. The van der Waals surface area contributed by atoms with E-state index in [2.05, 4.69) is 31.2 Å². The second-order valence-electron chi connectivity index (χ2n) is 7.62. The van der Waals surface area contributed by atoms with Crippen molar-refractivity contribution in [2.75, 3.05) is 13.7 Å². The Morgan fingerprint density at radius 1 is 1.00 bits per heavy atom. The van der Waals surface area contributed by atoms with Crippen LogP contribution in [0.2, 0.25) is 0 Å². The van der Waals surface area contributed by atoms with Gasteiger partial charge in [-0.1, -0.05) is 57.9 Å². The molecule has 3 aromatic carbocycles. The second-order valence-corrected chi connectivity index (χ2v) is 10.5. The van der Waals surface area contributed by atoms with Crippen LogP contribution in [0.3, 0.4) is 0 Å². The first-order chi connectivity index (χ1) is 16.7. The maximum Gasteiger partial charge on any atom is 0.337 e. The number of sulfonamides is 1. The standard InChI is InChI=1S/C25H24BrN3O5S/c1-18-3-5-20(6-4-18)16-29(35(32,33)23-13-11-22(26)12-14-23)17-24(30)28-27-15-19-7-9-21(10-8-19)25(31)34-2/h3-15H,16-17H2,1-2H3,(H,28,30)/b27-15-. The molecule has 0 spiro atoms. The van der Waals surface area contributed by atoms with Gasteiger partial charge < -0.3 is 4.74 Å². The van der Waals surface area contributed by atoms with E-state index in [-0.39, 0.29) is 11.4 Å². The lowest BCUT2D eigenvalue weighted by Gasteiger charge is -2.21. The van der Waals surface area contributed by atoms with Crippen molar-refractivity contribution in [2.24, 2.45) is 5.10 Å². The lowest BCUT2D eigenvalue weighted by Crippen LogP contribution is -2.39. The highest BCUT2D eigenvalue weighted by Gasteiger charge is 2.27. The normalized spacial score (nSPS) is 11.5. The number of nitrogens with one attached hydrogen (secondary N) is 1. The number of ether oxygens (including phenoxy) is 1. The lowest BCUT2D eigenvalue weighted by molar-refractivity contribution is -0.121. The van der Waals surface area contributed by atoms with Crippen molar-refractivity contribution in [3.05, 3.63) is 99.5 Å². The number of carbonyl (C=O) groups is 2. The first-order valence-electron chi connectivity index (χ1n) is 10.5. The fraction of sp³-hybridized carbons (Fsp3) is 0.160. The van der Waals surface area contributed by atoms with Gasteiger partial charge in [-0.05, 0) is 54.4 Å². The van der Waals surface area contributed by atoms with E-state index in [1.807, 2.05) is 31.2 Å². The molecule has 0 bridgehead atoms. The molecular formula is C25H24BrN3O5S. The van der Waals surface area contributed by atoms with Crippen molar-refractivity contribution in [2.45, 2.75) is 18.4 Å². The Morgan fingerprint density at radius 2 is 1.63 bits per heavy atom. The summed E-state index contributed by atoms with van der Waals surface area (Å²) in [6.45, 7) is 1.53. The summed E-state index contributed by atoms with van der Waals surface area (Å²) in [5, 5.41) is 3.91.